The number of hydrogen-bond donors (Lipinski definition) is 0. The summed E-state index contributed by atoms with van der Waals surface area (Å²) in [7, 11) is 0. The van der Waals surface area contributed by atoms with Crippen molar-refractivity contribution in [1.82, 2.24) is 4.90 Å². The second kappa shape index (κ2) is 19.2. The number of hydrogen-bond acceptors (Lipinski definition) is 1. The van der Waals surface area contributed by atoms with E-state index >= 15 is 0 Å². The van der Waals surface area contributed by atoms with Gasteiger partial charge in [-0.15, -0.1) is 12.4 Å². The van der Waals surface area contributed by atoms with E-state index in [1.807, 2.05) is 0 Å². The molecule has 2 heteroatoms. The summed E-state index contributed by atoms with van der Waals surface area (Å²) < 4.78 is 0. The minimum Gasteiger partial charge on any atom is -0.304 e. The van der Waals surface area contributed by atoms with Gasteiger partial charge < -0.3 is 4.90 Å². The second-order valence-corrected chi connectivity index (χ2v) is 5.92. The summed E-state index contributed by atoms with van der Waals surface area (Å²) in [6, 6.07) is 0. The summed E-state index contributed by atoms with van der Waals surface area (Å²) >= 11 is 0. The van der Waals surface area contributed by atoms with Gasteiger partial charge in [-0.1, -0.05) is 91.4 Å². The van der Waals surface area contributed by atoms with Gasteiger partial charge in [0.05, 0.1) is 0 Å². The minimum absolute atomic E-state index is 0. The van der Waals surface area contributed by atoms with Gasteiger partial charge in [-0.25, -0.2) is 0 Å². The zero-order valence-corrected chi connectivity index (χ0v) is 15.3. The van der Waals surface area contributed by atoms with Crippen molar-refractivity contribution < 1.29 is 0 Å². The van der Waals surface area contributed by atoms with Crippen molar-refractivity contribution in [2.45, 2.75) is 97.8 Å². The van der Waals surface area contributed by atoms with Crippen molar-refractivity contribution in [3.8, 4) is 0 Å². The average molecular weight is 306 g/mol. The third kappa shape index (κ3) is 16.3. The molecule has 0 N–H and O–H groups in total. The van der Waals surface area contributed by atoms with E-state index in [0.717, 1.165) is 0 Å². The molecule has 0 aromatic heterocycles. The molecule has 1 nitrogen and oxygen atoms in total. The van der Waals surface area contributed by atoms with Crippen LogP contribution >= 0.6 is 12.4 Å². The number of nitrogens with zero attached hydrogens (tertiary/aromatic N) is 1. The molecule has 20 heavy (non-hydrogen) atoms. The Morgan fingerprint density at radius 2 is 0.850 bits per heavy atom. The highest BCUT2D eigenvalue weighted by molar-refractivity contribution is 5.85. The van der Waals surface area contributed by atoms with Gasteiger partial charge >= 0.3 is 0 Å². The highest BCUT2D eigenvalue weighted by Gasteiger charge is 1.98. The van der Waals surface area contributed by atoms with Crippen molar-refractivity contribution in [2.24, 2.45) is 0 Å². The van der Waals surface area contributed by atoms with Crippen LogP contribution in [0.3, 0.4) is 0 Å². The predicted molar refractivity (Wildman–Crippen MR) is 96.1 cm³/mol. The van der Waals surface area contributed by atoms with E-state index in [-0.39, 0.29) is 12.4 Å². The molecule has 0 aliphatic carbocycles. The van der Waals surface area contributed by atoms with Crippen LogP contribution in [0.4, 0.5) is 0 Å². The van der Waals surface area contributed by atoms with Gasteiger partial charge in [-0.2, -0.15) is 0 Å². The van der Waals surface area contributed by atoms with Crippen LogP contribution in [0, 0.1) is 0 Å². The van der Waals surface area contributed by atoms with E-state index in [9.17, 15) is 0 Å². The normalized spacial score (nSPS) is 10.8. The molecular weight excluding hydrogens is 266 g/mol. The highest BCUT2D eigenvalue weighted by Crippen LogP contribution is 2.12. The van der Waals surface area contributed by atoms with Crippen LogP contribution in [0.2, 0.25) is 0 Å². The van der Waals surface area contributed by atoms with E-state index in [4.69, 9.17) is 0 Å². The molecule has 0 bridgehead atoms. The average Bonchev–Trinajstić information content (AvgIpc) is 2.44. The topological polar surface area (TPSA) is 3.24 Å². The molecule has 0 saturated heterocycles. The number of halogens is 1. The lowest BCUT2D eigenvalue weighted by Crippen LogP contribution is -2.23. The van der Waals surface area contributed by atoms with Crippen LogP contribution in [-0.2, 0) is 0 Å². The van der Waals surface area contributed by atoms with Crippen molar-refractivity contribution in [1.29, 1.82) is 0 Å². The van der Waals surface area contributed by atoms with Crippen LogP contribution in [0.15, 0.2) is 0 Å². The van der Waals surface area contributed by atoms with Gasteiger partial charge in [0.2, 0.25) is 0 Å². The quantitative estimate of drug-likeness (QED) is 0.314. The van der Waals surface area contributed by atoms with Gasteiger partial charge in [-0.05, 0) is 26.1 Å². The Morgan fingerprint density at radius 3 is 1.20 bits per heavy atom. The Balaban J connectivity index is 0. The molecular formula is C18H40ClN. The van der Waals surface area contributed by atoms with E-state index in [1.165, 1.54) is 96.7 Å². The lowest BCUT2D eigenvalue weighted by Gasteiger charge is -2.17. The third-order valence-corrected chi connectivity index (χ3v) is 4.22. The van der Waals surface area contributed by atoms with Crippen molar-refractivity contribution in [2.75, 3.05) is 19.6 Å². The minimum atomic E-state index is 0. The molecule has 124 valence electrons. The van der Waals surface area contributed by atoms with Crippen molar-refractivity contribution in [3.05, 3.63) is 0 Å². The SMILES string of the molecule is CCCCCCCCCCCCCCN(CC)CC.Cl. The van der Waals surface area contributed by atoms with Crippen molar-refractivity contribution in [3.63, 3.8) is 0 Å². The molecule has 0 saturated carbocycles. The monoisotopic (exact) mass is 305 g/mol. The maximum Gasteiger partial charge on any atom is -0.00190 e. The molecule has 0 unspecified atom stereocenters. The molecule has 0 aliphatic heterocycles. The van der Waals surface area contributed by atoms with E-state index < -0.39 is 0 Å². The summed E-state index contributed by atoms with van der Waals surface area (Å²) in [5.74, 6) is 0. The molecule has 0 rings (SSSR count). The lowest BCUT2D eigenvalue weighted by molar-refractivity contribution is 0.295. The molecule has 0 amide bonds. The standard InChI is InChI=1S/C18H39N.ClH/c1-4-7-8-9-10-11-12-13-14-15-16-17-18-19(5-2)6-3;/h4-18H2,1-3H3;1H. The summed E-state index contributed by atoms with van der Waals surface area (Å²) in [5, 5.41) is 0. The molecule has 0 fully saturated rings. The van der Waals surface area contributed by atoms with Crippen LogP contribution in [0.25, 0.3) is 0 Å². The predicted octanol–water partition coefficient (Wildman–Crippen LogP) is 6.45. The Bertz CT molecular complexity index is 157. The molecule has 0 spiro atoms. The molecule has 0 heterocycles. The Kier molecular flexibility index (Phi) is 21.7. The molecule has 0 aromatic rings. The van der Waals surface area contributed by atoms with Gasteiger partial charge in [0.25, 0.3) is 0 Å². The first-order valence-corrected chi connectivity index (χ1v) is 9.07. The Morgan fingerprint density at radius 1 is 0.500 bits per heavy atom. The zero-order valence-electron chi connectivity index (χ0n) is 14.5. The van der Waals surface area contributed by atoms with Gasteiger partial charge in [-0.3, -0.25) is 0 Å². The molecule has 0 atom stereocenters. The van der Waals surface area contributed by atoms with E-state index in [1.54, 1.807) is 0 Å². The van der Waals surface area contributed by atoms with Gasteiger partial charge in [0.15, 0.2) is 0 Å². The first-order chi connectivity index (χ1) is 9.35. The molecule has 0 aromatic carbocycles. The summed E-state index contributed by atoms with van der Waals surface area (Å²) in [5.41, 5.74) is 0. The van der Waals surface area contributed by atoms with Crippen LogP contribution < -0.4 is 0 Å². The fourth-order valence-corrected chi connectivity index (χ4v) is 2.72. The summed E-state index contributed by atoms with van der Waals surface area (Å²) in [6.45, 7) is 10.6. The largest absolute Gasteiger partial charge is 0.304 e. The second-order valence-electron chi connectivity index (χ2n) is 5.92. The van der Waals surface area contributed by atoms with Crippen LogP contribution in [-0.4, -0.2) is 24.5 Å². The van der Waals surface area contributed by atoms with Crippen LogP contribution in [0.1, 0.15) is 97.8 Å². The lowest BCUT2D eigenvalue weighted by atomic mass is 10.1. The highest BCUT2D eigenvalue weighted by atomic mass is 35.5. The number of unbranched alkanes of at least 4 members (excludes halogenated alkanes) is 11. The fourth-order valence-electron chi connectivity index (χ4n) is 2.72. The molecule has 0 radical (unpaired) electrons. The Hall–Kier alpha value is 0.250. The maximum atomic E-state index is 2.54. The van der Waals surface area contributed by atoms with Crippen LogP contribution in [0.5, 0.6) is 0 Å². The molecule has 0 aliphatic rings. The third-order valence-electron chi connectivity index (χ3n) is 4.22. The first kappa shape index (κ1) is 22.5. The maximum absolute atomic E-state index is 2.54. The number of rotatable bonds is 15. The first-order valence-electron chi connectivity index (χ1n) is 9.07. The fraction of sp³-hybridized carbons (Fsp3) is 1.00. The van der Waals surface area contributed by atoms with E-state index in [2.05, 4.69) is 25.7 Å². The van der Waals surface area contributed by atoms with Gasteiger partial charge in [0.1, 0.15) is 0 Å². The Labute approximate surface area is 135 Å². The summed E-state index contributed by atoms with van der Waals surface area (Å²) in [6.07, 6.45) is 17.4. The summed E-state index contributed by atoms with van der Waals surface area (Å²) in [4.78, 5) is 2.54. The van der Waals surface area contributed by atoms with Gasteiger partial charge in [0, 0.05) is 0 Å². The van der Waals surface area contributed by atoms with Crippen molar-refractivity contribution >= 4 is 12.4 Å². The zero-order chi connectivity index (χ0) is 14.2. The smallest absolute Gasteiger partial charge is 0.00190 e. The van der Waals surface area contributed by atoms with E-state index in [0.29, 0.717) is 0 Å².